The maximum atomic E-state index is 12.2. The van der Waals surface area contributed by atoms with Crippen molar-refractivity contribution < 1.29 is 4.79 Å². The highest BCUT2D eigenvalue weighted by Crippen LogP contribution is 2.19. The minimum atomic E-state index is -0.0165. The molecule has 0 amide bonds. The third kappa shape index (κ3) is 5.09. The average molecular weight is 348 g/mol. The lowest BCUT2D eigenvalue weighted by molar-refractivity contribution is -0.110. The second-order valence-electron chi connectivity index (χ2n) is 6.94. The van der Waals surface area contributed by atoms with E-state index in [0.29, 0.717) is 0 Å². The lowest BCUT2D eigenvalue weighted by Gasteiger charge is -2.14. The molecule has 0 aliphatic heterocycles. The van der Waals surface area contributed by atoms with Gasteiger partial charge in [0, 0.05) is 39.6 Å². The molecule has 0 saturated heterocycles. The van der Waals surface area contributed by atoms with Crippen molar-refractivity contribution in [2.45, 2.75) is 13.8 Å². The van der Waals surface area contributed by atoms with Crippen LogP contribution in [0.4, 0.5) is 11.4 Å². The van der Waals surface area contributed by atoms with Crippen LogP contribution in [0.25, 0.3) is 12.2 Å². The van der Waals surface area contributed by atoms with Gasteiger partial charge in [0.15, 0.2) is 5.78 Å². The van der Waals surface area contributed by atoms with Gasteiger partial charge >= 0.3 is 0 Å². The van der Waals surface area contributed by atoms with Crippen molar-refractivity contribution in [1.29, 1.82) is 0 Å². The number of allylic oxidation sites excluding steroid dienone is 2. The van der Waals surface area contributed by atoms with Crippen LogP contribution in [0, 0.1) is 13.8 Å². The van der Waals surface area contributed by atoms with Gasteiger partial charge in [-0.15, -0.1) is 0 Å². The lowest BCUT2D eigenvalue weighted by Crippen LogP contribution is -2.08. The number of hydrogen-bond donors (Lipinski definition) is 0. The van der Waals surface area contributed by atoms with Crippen molar-refractivity contribution >= 4 is 29.3 Å². The van der Waals surface area contributed by atoms with E-state index in [1.165, 1.54) is 0 Å². The number of hydrogen-bond acceptors (Lipinski definition) is 3. The van der Waals surface area contributed by atoms with Crippen LogP contribution in [0.15, 0.2) is 48.6 Å². The Kier molecular flexibility index (Phi) is 6.40. The van der Waals surface area contributed by atoms with Crippen molar-refractivity contribution in [3.05, 3.63) is 70.8 Å². The predicted molar refractivity (Wildman–Crippen MR) is 114 cm³/mol. The Hall–Kier alpha value is -2.81. The van der Waals surface area contributed by atoms with Crippen molar-refractivity contribution in [2.75, 3.05) is 38.0 Å². The molecule has 0 bridgehead atoms. The fourth-order valence-electron chi connectivity index (χ4n) is 2.65. The first-order chi connectivity index (χ1) is 12.3. The van der Waals surface area contributed by atoms with E-state index in [1.54, 1.807) is 12.2 Å². The van der Waals surface area contributed by atoms with Crippen molar-refractivity contribution in [2.24, 2.45) is 0 Å². The van der Waals surface area contributed by atoms with Gasteiger partial charge in [-0.1, -0.05) is 24.3 Å². The highest BCUT2D eigenvalue weighted by Gasteiger charge is 2.01. The second kappa shape index (κ2) is 8.52. The number of anilines is 2. The summed E-state index contributed by atoms with van der Waals surface area (Å²) in [6, 6.07) is 12.4. The molecule has 0 fully saturated rings. The summed E-state index contributed by atoms with van der Waals surface area (Å²) in [5.74, 6) is -0.0165. The van der Waals surface area contributed by atoms with E-state index in [9.17, 15) is 4.79 Å². The summed E-state index contributed by atoms with van der Waals surface area (Å²) in [5, 5.41) is 0. The Bertz CT molecular complexity index is 776. The van der Waals surface area contributed by atoms with E-state index in [-0.39, 0.29) is 5.78 Å². The monoisotopic (exact) mass is 348 g/mol. The molecule has 0 unspecified atom stereocenters. The lowest BCUT2D eigenvalue weighted by atomic mass is 10.1. The van der Waals surface area contributed by atoms with E-state index < -0.39 is 0 Å². The highest BCUT2D eigenvalue weighted by molar-refractivity contribution is 6.04. The summed E-state index contributed by atoms with van der Waals surface area (Å²) >= 11 is 0. The van der Waals surface area contributed by atoms with Crippen LogP contribution in [0.1, 0.15) is 22.3 Å². The molecule has 26 heavy (non-hydrogen) atoms. The summed E-state index contributed by atoms with van der Waals surface area (Å²) in [6.07, 6.45) is 7.00. The number of aryl methyl sites for hydroxylation is 2. The molecule has 3 heteroatoms. The Morgan fingerprint density at radius 2 is 1.12 bits per heavy atom. The third-order valence-corrected chi connectivity index (χ3v) is 4.39. The molecule has 2 aromatic carbocycles. The number of nitrogens with zero attached hydrogens (tertiary/aromatic N) is 2. The van der Waals surface area contributed by atoms with Gasteiger partial charge in [-0.2, -0.15) is 0 Å². The number of rotatable bonds is 6. The Morgan fingerprint density at radius 3 is 1.42 bits per heavy atom. The second-order valence-corrected chi connectivity index (χ2v) is 6.94. The van der Waals surface area contributed by atoms with Gasteiger partial charge in [-0.05, 0) is 72.5 Å². The molecule has 0 spiro atoms. The van der Waals surface area contributed by atoms with Gasteiger partial charge in [0.05, 0.1) is 0 Å². The Balaban J connectivity index is 2.09. The normalized spacial score (nSPS) is 11.3. The first kappa shape index (κ1) is 19.5. The fourth-order valence-corrected chi connectivity index (χ4v) is 2.65. The highest BCUT2D eigenvalue weighted by atomic mass is 16.1. The van der Waals surface area contributed by atoms with E-state index >= 15 is 0 Å². The summed E-state index contributed by atoms with van der Waals surface area (Å²) in [5.41, 5.74) is 6.73. The number of ketones is 1. The third-order valence-electron chi connectivity index (χ3n) is 4.39. The molecule has 0 N–H and O–H groups in total. The van der Waals surface area contributed by atoms with Crippen molar-refractivity contribution in [3.8, 4) is 0 Å². The maximum absolute atomic E-state index is 12.2. The van der Waals surface area contributed by atoms with Crippen LogP contribution in [0.2, 0.25) is 0 Å². The molecular formula is C23H28N2O. The molecule has 0 aromatic heterocycles. The van der Waals surface area contributed by atoms with Gasteiger partial charge in [-0.3, -0.25) is 4.79 Å². The van der Waals surface area contributed by atoms with Crippen LogP contribution < -0.4 is 9.80 Å². The van der Waals surface area contributed by atoms with Crippen molar-refractivity contribution in [3.63, 3.8) is 0 Å². The summed E-state index contributed by atoms with van der Waals surface area (Å²) in [4.78, 5) is 16.3. The summed E-state index contributed by atoms with van der Waals surface area (Å²) in [6.45, 7) is 4.12. The van der Waals surface area contributed by atoms with Gasteiger partial charge < -0.3 is 9.80 Å². The first-order valence-corrected chi connectivity index (χ1v) is 8.74. The zero-order chi connectivity index (χ0) is 19.3. The van der Waals surface area contributed by atoms with E-state index in [0.717, 1.165) is 33.6 Å². The molecule has 0 saturated carbocycles. The quantitative estimate of drug-likeness (QED) is 0.705. The van der Waals surface area contributed by atoms with E-state index in [1.807, 2.05) is 52.5 Å². The van der Waals surface area contributed by atoms with Crippen LogP contribution in [0.3, 0.4) is 0 Å². The largest absolute Gasteiger partial charge is 0.378 e. The number of benzene rings is 2. The topological polar surface area (TPSA) is 23.6 Å². The van der Waals surface area contributed by atoms with Crippen molar-refractivity contribution in [1.82, 2.24) is 0 Å². The van der Waals surface area contributed by atoms with Gasteiger partial charge in [0.2, 0.25) is 0 Å². The van der Waals surface area contributed by atoms with Crippen LogP contribution in [0.5, 0.6) is 0 Å². The smallest absolute Gasteiger partial charge is 0.178 e. The molecule has 2 aromatic rings. The standard InChI is InChI=1S/C23H28N2O/c1-17-15-21(24(3)4)11-7-19(17)9-13-23(26)14-10-20-8-12-22(25(5)6)16-18(20)2/h7-16H,1-6H3/b13-9+,14-10+. The molecule has 0 aliphatic rings. The Morgan fingerprint density at radius 1 is 0.731 bits per heavy atom. The van der Waals surface area contributed by atoms with Gasteiger partial charge in [0.25, 0.3) is 0 Å². The zero-order valence-corrected chi connectivity index (χ0v) is 16.6. The van der Waals surface area contributed by atoms with Crippen LogP contribution >= 0.6 is 0 Å². The van der Waals surface area contributed by atoms with Crippen LogP contribution in [-0.2, 0) is 4.79 Å². The predicted octanol–water partition coefficient (Wildman–Crippen LogP) is 4.73. The molecule has 0 aliphatic carbocycles. The van der Waals surface area contributed by atoms with E-state index in [4.69, 9.17) is 0 Å². The van der Waals surface area contributed by atoms with Gasteiger partial charge in [-0.25, -0.2) is 0 Å². The van der Waals surface area contributed by atoms with Gasteiger partial charge in [0.1, 0.15) is 0 Å². The average Bonchev–Trinajstić information content (AvgIpc) is 2.59. The maximum Gasteiger partial charge on any atom is 0.178 e. The molecule has 3 nitrogen and oxygen atoms in total. The molecule has 0 atom stereocenters. The SMILES string of the molecule is Cc1cc(N(C)C)ccc1/C=C/C(=O)/C=C/c1ccc(N(C)C)cc1C. The number of carbonyl (C=O) groups excluding carboxylic acids is 1. The minimum Gasteiger partial charge on any atom is -0.378 e. The molecular weight excluding hydrogens is 320 g/mol. The molecule has 0 heterocycles. The molecule has 2 rings (SSSR count). The van der Waals surface area contributed by atoms with E-state index in [2.05, 4.69) is 47.9 Å². The summed E-state index contributed by atoms with van der Waals surface area (Å²) in [7, 11) is 8.08. The molecule has 0 radical (unpaired) electrons. The zero-order valence-electron chi connectivity index (χ0n) is 16.6. The minimum absolute atomic E-state index is 0.0165. The Labute approximate surface area is 157 Å². The van der Waals surface area contributed by atoms with Crippen LogP contribution in [-0.4, -0.2) is 34.0 Å². The molecule has 136 valence electrons. The first-order valence-electron chi connectivity index (χ1n) is 8.74. The summed E-state index contributed by atoms with van der Waals surface area (Å²) < 4.78 is 0. The number of carbonyl (C=O) groups is 1. The fraction of sp³-hybridized carbons (Fsp3) is 0.261.